The molecule has 0 spiro atoms. The maximum atomic E-state index is 13.3. The molecular formula is C16H15FN2O3. The fraction of sp³-hybridized carbons (Fsp3) is 0.250. The highest BCUT2D eigenvalue weighted by atomic mass is 19.1. The molecule has 0 radical (unpaired) electrons. The number of hydrogen-bond donors (Lipinski definition) is 0. The van der Waals surface area contributed by atoms with E-state index in [9.17, 15) is 14.5 Å². The van der Waals surface area contributed by atoms with Gasteiger partial charge in [-0.3, -0.25) is 10.1 Å². The maximum absolute atomic E-state index is 13.3. The summed E-state index contributed by atoms with van der Waals surface area (Å²) in [6.07, 6.45) is 0.786. The van der Waals surface area contributed by atoms with E-state index in [1.54, 1.807) is 7.11 Å². The summed E-state index contributed by atoms with van der Waals surface area (Å²) in [5.41, 5.74) is 2.53. The number of rotatable bonds is 3. The molecular weight excluding hydrogens is 287 g/mol. The third kappa shape index (κ3) is 2.59. The number of nitrogens with zero attached hydrogens (tertiary/aromatic N) is 2. The Kier molecular flexibility index (Phi) is 3.66. The van der Waals surface area contributed by atoms with Crippen molar-refractivity contribution in [2.75, 3.05) is 18.6 Å². The fourth-order valence-corrected chi connectivity index (χ4v) is 2.78. The van der Waals surface area contributed by atoms with Crippen molar-refractivity contribution in [2.45, 2.75) is 13.0 Å². The normalized spacial score (nSPS) is 13.6. The summed E-state index contributed by atoms with van der Waals surface area (Å²) in [5.74, 6) is 0.156. The van der Waals surface area contributed by atoms with E-state index in [0.717, 1.165) is 23.8 Å². The molecule has 0 amide bonds. The van der Waals surface area contributed by atoms with E-state index in [-0.39, 0.29) is 5.69 Å². The minimum Gasteiger partial charge on any atom is -0.497 e. The van der Waals surface area contributed by atoms with E-state index in [2.05, 4.69) is 0 Å². The van der Waals surface area contributed by atoms with Gasteiger partial charge in [-0.2, -0.15) is 0 Å². The lowest BCUT2D eigenvalue weighted by molar-refractivity contribution is -0.384. The van der Waals surface area contributed by atoms with Crippen LogP contribution in [0.15, 0.2) is 36.4 Å². The van der Waals surface area contributed by atoms with Gasteiger partial charge in [0.1, 0.15) is 17.3 Å². The summed E-state index contributed by atoms with van der Waals surface area (Å²) in [7, 11) is 1.60. The van der Waals surface area contributed by atoms with Gasteiger partial charge in [-0.05, 0) is 41.8 Å². The lowest BCUT2D eigenvalue weighted by Gasteiger charge is -2.30. The van der Waals surface area contributed by atoms with Gasteiger partial charge in [0.05, 0.1) is 18.1 Å². The predicted octanol–water partition coefficient (Wildman–Crippen LogP) is 3.31. The maximum Gasteiger partial charge on any atom is 0.295 e. The quantitative estimate of drug-likeness (QED) is 0.645. The van der Waals surface area contributed by atoms with Gasteiger partial charge in [-0.15, -0.1) is 0 Å². The molecule has 0 fully saturated rings. The molecule has 0 atom stereocenters. The van der Waals surface area contributed by atoms with Crippen molar-refractivity contribution in [2.24, 2.45) is 0 Å². The van der Waals surface area contributed by atoms with Gasteiger partial charge in [0.15, 0.2) is 0 Å². The molecule has 0 saturated carbocycles. The Morgan fingerprint density at radius 1 is 1.23 bits per heavy atom. The second kappa shape index (κ2) is 5.63. The molecule has 1 aliphatic heterocycles. The number of ether oxygens (including phenoxy) is 1. The summed E-state index contributed by atoms with van der Waals surface area (Å²) < 4.78 is 18.5. The summed E-state index contributed by atoms with van der Waals surface area (Å²) in [6.45, 7) is 1.20. The van der Waals surface area contributed by atoms with E-state index < -0.39 is 10.7 Å². The van der Waals surface area contributed by atoms with Crippen molar-refractivity contribution in [3.63, 3.8) is 0 Å². The molecule has 0 unspecified atom stereocenters. The van der Waals surface area contributed by atoms with Crippen LogP contribution in [0.2, 0.25) is 0 Å². The second-order valence-electron chi connectivity index (χ2n) is 5.20. The molecule has 0 saturated heterocycles. The van der Waals surface area contributed by atoms with E-state index in [1.807, 2.05) is 23.1 Å². The highest BCUT2D eigenvalue weighted by molar-refractivity contribution is 5.64. The number of methoxy groups -OCH3 is 1. The molecule has 6 heteroatoms. The lowest BCUT2D eigenvalue weighted by atomic mass is 9.99. The van der Waals surface area contributed by atoms with Crippen molar-refractivity contribution in [3.05, 3.63) is 63.5 Å². The Morgan fingerprint density at radius 2 is 2.05 bits per heavy atom. The van der Waals surface area contributed by atoms with Gasteiger partial charge in [-0.25, -0.2) is 4.39 Å². The van der Waals surface area contributed by atoms with Gasteiger partial charge in [0.2, 0.25) is 0 Å². The van der Waals surface area contributed by atoms with Crippen LogP contribution in [0.1, 0.15) is 11.1 Å². The Balaban J connectivity index is 1.96. The summed E-state index contributed by atoms with van der Waals surface area (Å²) >= 11 is 0. The summed E-state index contributed by atoms with van der Waals surface area (Å²) in [5, 5.41) is 11.2. The molecule has 0 aromatic heterocycles. The third-order valence-corrected chi connectivity index (χ3v) is 3.90. The number of nitro groups is 1. The number of anilines is 1. The smallest absolute Gasteiger partial charge is 0.295 e. The molecule has 5 nitrogen and oxygen atoms in total. The monoisotopic (exact) mass is 302 g/mol. The molecule has 0 aliphatic carbocycles. The molecule has 3 rings (SSSR count). The zero-order valence-electron chi connectivity index (χ0n) is 12.1. The Bertz CT molecular complexity index is 733. The number of nitro benzene ring substituents is 1. The van der Waals surface area contributed by atoms with Crippen LogP contribution in [0.5, 0.6) is 5.75 Å². The second-order valence-corrected chi connectivity index (χ2v) is 5.20. The molecule has 1 heterocycles. The van der Waals surface area contributed by atoms with E-state index >= 15 is 0 Å². The summed E-state index contributed by atoms with van der Waals surface area (Å²) in [6, 6.07) is 9.56. The first kappa shape index (κ1) is 14.3. The van der Waals surface area contributed by atoms with Crippen molar-refractivity contribution in [1.29, 1.82) is 0 Å². The van der Waals surface area contributed by atoms with Gasteiger partial charge in [0.25, 0.3) is 5.69 Å². The van der Waals surface area contributed by atoms with Crippen LogP contribution in [0, 0.1) is 15.9 Å². The molecule has 2 aromatic carbocycles. The van der Waals surface area contributed by atoms with Crippen LogP contribution in [0.4, 0.5) is 15.8 Å². The van der Waals surface area contributed by atoms with Gasteiger partial charge >= 0.3 is 0 Å². The zero-order chi connectivity index (χ0) is 15.7. The Morgan fingerprint density at radius 3 is 2.77 bits per heavy atom. The average molecular weight is 302 g/mol. The molecule has 0 N–H and O–H groups in total. The molecule has 114 valence electrons. The fourth-order valence-electron chi connectivity index (χ4n) is 2.78. The topological polar surface area (TPSA) is 55.6 Å². The Labute approximate surface area is 127 Å². The molecule has 0 bridgehead atoms. The van der Waals surface area contributed by atoms with Crippen LogP contribution in [-0.2, 0) is 13.0 Å². The van der Waals surface area contributed by atoms with E-state index in [1.165, 1.54) is 17.7 Å². The summed E-state index contributed by atoms with van der Waals surface area (Å²) in [4.78, 5) is 12.5. The van der Waals surface area contributed by atoms with Gasteiger partial charge < -0.3 is 9.64 Å². The molecule has 1 aliphatic rings. The predicted molar refractivity (Wildman–Crippen MR) is 80.8 cm³/mol. The van der Waals surface area contributed by atoms with Crippen LogP contribution in [0.3, 0.4) is 0 Å². The van der Waals surface area contributed by atoms with Crippen molar-refractivity contribution in [1.82, 2.24) is 0 Å². The van der Waals surface area contributed by atoms with Crippen molar-refractivity contribution in [3.8, 4) is 5.75 Å². The number of halogens is 1. The third-order valence-electron chi connectivity index (χ3n) is 3.90. The zero-order valence-corrected chi connectivity index (χ0v) is 12.1. The number of benzene rings is 2. The number of fused-ring (bicyclic) bond motifs is 1. The van der Waals surface area contributed by atoms with Crippen molar-refractivity contribution >= 4 is 11.4 Å². The first-order valence-corrected chi connectivity index (χ1v) is 6.93. The van der Waals surface area contributed by atoms with E-state index in [0.29, 0.717) is 18.8 Å². The standard InChI is InChI=1S/C16H15FN2O3/c1-22-14-4-2-11-6-7-18(10-12(11)8-14)15-5-3-13(17)9-16(15)19(20)21/h2-5,8-9H,6-7,10H2,1H3. The van der Waals surface area contributed by atoms with Gasteiger partial charge in [-0.1, -0.05) is 6.07 Å². The van der Waals surface area contributed by atoms with Crippen LogP contribution in [0.25, 0.3) is 0 Å². The van der Waals surface area contributed by atoms with Crippen LogP contribution in [-0.4, -0.2) is 18.6 Å². The first-order chi connectivity index (χ1) is 10.6. The average Bonchev–Trinajstić information content (AvgIpc) is 2.53. The highest BCUT2D eigenvalue weighted by Gasteiger charge is 2.24. The van der Waals surface area contributed by atoms with Crippen LogP contribution < -0.4 is 9.64 Å². The van der Waals surface area contributed by atoms with Crippen LogP contribution >= 0.6 is 0 Å². The molecule has 2 aromatic rings. The minimum atomic E-state index is -0.602. The highest BCUT2D eigenvalue weighted by Crippen LogP contribution is 2.33. The number of hydrogen-bond acceptors (Lipinski definition) is 4. The minimum absolute atomic E-state index is 0.202. The van der Waals surface area contributed by atoms with E-state index in [4.69, 9.17) is 4.74 Å². The van der Waals surface area contributed by atoms with Crippen molar-refractivity contribution < 1.29 is 14.1 Å². The first-order valence-electron chi connectivity index (χ1n) is 6.93. The Hall–Kier alpha value is -2.63. The lowest BCUT2D eigenvalue weighted by Crippen LogP contribution is -2.30. The SMILES string of the molecule is COc1ccc2c(c1)CN(c1ccc(F)cc1[N+](=O)[O-])CC2. The van der Waals surface area contributed by atoms with Gasteiger partial charge in [0, 0.05) is 13.1 Å². The largest absolute Gasteiger partial charge is 0.497 e. The molecule has 22 heavy (non-hydrogen) atoms.